The van der Waals surface area contributed by atoms with Crippen molar-refractivity contribution in [2.24, 2.45) is 34.5 Å². The van der Waals surface area contributed by atoms with E-state index in [0.29, 0.717) is 22.5 Å². The van der Waals surface area contributed by atoms with E-state index in [1.54, 1.807) is 0 Å². The van der Waals surface area contributed by atoms with Gasteiger partial charge in [-0.25, -0.2) is 0 Å². The topological polar surface area (TPSA) is 17.1 Å². The van der Waals surface area contributed by atoms with E-state index >= 15 is 0 Å². The van der Waals surface area contributed by atoms with Crippen molar-refractivity contribution in [2.75, 3.05) is 0 Å². The van der Waals surface area contributed by atoms with E-state index in [0.717, 1.165) is 24.2 Å². The summed E-state index contributed by atoms with van der Waals surface area (Å²) in [5.41, 5.74) is 0.946. The van der Waals surface area contributed by atoms with Crippen molar-refractivity contribution in [3.63, 3.8) is 0 Å². The van der Waals surface area contributed by atoms with Gasteiger partial charge in [0.2, 0.25) is 0 Å². The average molecular weight is 274 g/mol. The number of fused-ring (bicyclic) bond motifs is 5. The van der Waals surface area contributed by atoms with Crippen molar-refractivity contribution in [2.45, 2.75) is 78.1 Å². The van der Waals surface area contributed by atoms with Gasteiger partial charge in [0.1, 0.15) is 5.78 Å². The maximum absolute atomic E-state index is 12.8. The summed E-state index contributed by atoms with van der Waals surface area (Å²) < 4.78 is 0. The lowest BCUT2D eigenvalue weighted by atomic mass is 9.45. The SMILES string of the molecule is C[C@@]12CCC[C@H]1[C@@H]1CC(=O)[C@H]3CCCC[C@]3(C)[C@H]1CC2. The third-order valence-electron chi connectivity index (χ3n) is 8.15. The quantitative estimate of drug-likeness (QED) is 0.608. The molecule has 0 heterocycles. The van der Waals surface area contributed by atoms with Gasteiger partial charge in [-0.15, -0.1) is 0 Å². The van der Waals surface area contributed by atoms with Crippen LogP contribution < -0.4 is 0 Å². The van der Waals surface area contributed by atoms with Crippen LogP contribution in [0.3, 0.4) is 0 Å². The second-order valence-electron chi connectivity index (χ2n) is 8.94. The molecule has 112 valence electrons. The summed E-state index contributed by atoms with van der Waals surface area (Å²) in [5.74, 6) is 3.53. The second kappa shape index (κ2) is 4.34. The fraction of sp³-hybridized carbons (Fsp3) is 0.947. The molecule has 0 aromatic heterocycles. The van der Waals surface area contributed by atoms with Crippen LogP contribution >= 0.6 is 0 Å². The molecule has 0 aliphatic heterocycles. The van der Waals surface area contributed by atoms with Gasteiger partial charge in [-0.2, -0.15) is 0 Å². The zero-order valence-corrected chi connectivity index (χ0v) is 13.3. The molecule has 0 bridgehead atoms. The molecule has 0 amide bonds. The van der Waals surface area contributed by atoms with Gasteiger partial charge in [-0.05, 0) is 67.1 Å². The van der Waals surface area contributed by atoms with E-state index in [1.807, 2.05) is 0 Å². The van der Waals surface area contributed by atoms with Crippen LogP contribution in [0.1, 0.15) is 78.1 Å². The highest BCUT2D eigenvalue weighted by Crippen LogP contribution is 2.65. The molecule has 1 nitrogen and oxygen atoms in total. The fourth-order valence-electron chi connectivity index (χ4n) is 7.09. The first-order chi connectivity index (χ1) is 9.55. The van der Waals surface area contributed by atoms with Gasteiger partial charge >= 0.3 is 0 Å². The van der Waals surface area contributed by atoms with Crippen molar-refractivity contribution in [3.8, 4) is 0 Å². The van der Waals surface area contributed by atoms with Crippen molar-refractivity contribution >= 4 is 5.78 Å². The number of ketones is 1. The molecule has 4 fully saturated rings. The summed E-state index contributed by atoms with van der Waals surface area (Å²) in [4.78, 5) is 12.8. The molecule has 4 aliphatic carbocycles. The molecule has 0 saturated heterocycles. The van der Waals surface area contributed by atoms with Gasteiger partial charge < -0.3 is 0 Å². The van der Waals surface area contributed by atoms with Crippen LogP contribution in [0.15, 0.2) is 0 Å². The number of carbonyl (C=O) groups excluding carboxylic acids is 1. The maximum atomic E-state index is 12.8. The van der Waals surface area contributed by atoms with E-state index in [2.05, 4.69) is 13.8 Å². The Morgan fingerprint density at radius 2 is 1.75 bits per heavy atom. The minimum absolute atomic E-state index is 0.363. The van der Waals surface area contributed by atoms with E-state index in [1.165, 1.54) is 57.8 Å². The fourth-order valence-corrected chi connectivity index (χ4v) is 7.09. The number of Topliss-reactive ketones (excluding diaryl/α,β-unsaturated/α-hetero) is 1. The maximum Gasteiger partial charge on any atom is 0.136 e. The molecule has 4 aliphatic rings. The summed E-state index contributed by atoms with van der Waals surface area (Å²) in [6.45, 7) is 5.02. The first-order valence-corrected chi connectivity index (χ1v) is 9.07. The van der Waals surface area contributed by atoms with Crippen LogP contribution in [-0.4, -0.2) is 5.78 Å². The Morgan fingerprint density at radius 3 is 2.60 bits per heavy atom. The molecule has 0 spiro atoms. The van der Waals surface area contributed by atoms with Crippen LogP contribution in [0.5, 0.6) is 0 Å². The smallest absolute Gasteiger partial charge is 0.136 e. The molecular formula is C19H30O. The Bertz CT molecular complexity index is 427. The molecular weight excluding hydrogens is 244 g/mol. The Morgan fingerprint density at radius 1 is 0.900 bits per heavy atom. The van der Waals surface area contributed by atoms with Gasteiger partial charge in [0.25, 0.3) is 0 Å². The molecule has 0 unspecified atom stereocenters. The normalized spacial score (nSPS) is 55.0. The molecule has 0 radical (unpaired) electrons. The number of carbonyl (C=O) groups is 1. The number of hydrogen-bond acceptors (Lipinski definition) is 1. The lowest BCUT2D eigenvalue weighted by molar-refractivity contribution is -0.152. The first-order valence-electron chi connectivity index (χ1n) is 9.07. The highest BCUT2D eigenvalue weighted by Gasteiger charge is 2.59. The van der Waals surface area contributed by atoms with E-state index in [4.69, 9.17) is 0 Å². The molecule has 4 rings (SSSR count). The molecule has 0 aromatic rings. The largest absolute Gasteiger partial charge is 0.299 e. The van der Waals surface area contributed by atoms with Crippen molar-refractivity contribution < 1.29 is 4.79 Å². The molecule has 6 atom stereocenters. The van der Waals surface area contributed by atoms with Gasteiger partial charge in [-0.3, -0.25) is 4.79 Å². The molecule has 20 heavy (non-hydrogen) atoms. The lowest BCUT2D eigenvalue weighted by Crippen LogP contribution is -2.55. The van der Waals surface area contributed by atoms with Gasteiger partial charge in [0.05, 0.1) is 0 Å². The molecule has 1 heteroatoms. The highest BCUT2D eigenvalue weighted by atomic mass is 16.1. The minimum atomic E-state index is 0.363. The Labute approximate surface area is 123 Å². The predicted molar refractivity (Wildman–Crippen MR) is 81.4 cm³/mol. The molecule has 4 saturated carbocycles. The Hall–Kier alpha value is -0.330. The number of rotatable bonds is 0. The van der Waals surface area contributed by atoms with Crippen LogP contribution in [-0.2, 0) is 4.79 Å². The van der Waals surface area contributed by atoms with Crippen molar-refractivity contribution in [1.29, 1.82) is 0 Å². The van der Waals surface area contributed by atoms with E-state index in [-0.39, 0.29) is 0 Å². The number of hydrogen-bond donors (Lipinski definition) is 0. The van der Waals surface area contributed by atoms with Crippen LogP contribution in [0, 0.1) is 34.5 Å². The third kappa shape index (κ3) is 1.64. The second-order valence-corrected chi connectivity index (χ2v) is 8.94. The van der Waals surface area contributed by atoms with Crippen LogP contribution in [0.4, 0.5) is 0 Å². The Balaban J connectivity index is 1.70. The Kier molecular flexibility index (Phi) is 2.89. The van der Waals surface area contributed by atoms with Gasteiger partial charge in [-0.1, -0.05) is 33.1 Å². The standard InChI is InChI=1S/C19H30O/c1-18-9-5-7-14(18)13-12-17(20)16-6-3-4-10-19(16,2)15(13)8-11-18/h13-16H,3-12H2,1-2H3/t13-,14-,15-,16+,18-,19+/m0/s1. The van der Waals surface area contributed by atoms with Crippen molar-refractivity contribution in [1.82, 2.24) is 0 Å². The molecule has 0 aromatic carbocycles. The van der Waals surface area contributed by atoms with Crippen LogP contribution in [0.25, 0.3) is 0 Å². The summed E-state index contributed by atoms with van der Waals surface area (Å²) >= 11 is 0. The first kappa shape index (κ1) is 13.3. The van der Waals surface area contributed by atoms with Gasteiger partial charge in [0.15, 0.2) is 0 Å². The van der Waals surface area contributed by atoms with Crippen LogP contribution in [0.2, 0.25) is 0 Å². The summed E-state index contributed by atoms with van der Waals surface area (Å²) in [5, 5.41) is 0. The summed E-state index contributed by atoms with van der Waals surface area (Å²) in [7, 11) is 0. The minimum Gasteiger partial charge on any atom is -0.299 e. The monoisotopic (exact) mass is 274 g/mol. The van der Waals surface area contributed by atoms with E-state index < -0.39 is 0 Å². The summed E-state index contributed by atoms with van der Waals surface area (Å²) in [6, 6.07) is 0. The zero-order chi connectivity index (χ0) is 14.0. The average Bonchev–Trinajstić information content (AvgIpc) is 2.81. The van der Waals surface area contributed by atoms with E-state index in [9.17, 15) is 4.79 Å². The predicted octanol–water partition coefficient (Wildman–Crippen LogP) is 4.99. The lowest BCUT2D eigenvalue weighted by Gasteiger charge is -2.59. The van der Waals surface area contributed by atoms with Gasteiger partial charge in [0, 0.05) is 12.3 Å². The summed E-state index contributed by atoms with van der Waals surface area (Å²) in [6.07, 6.45) is 13.2. The van der Waals surface area contributed by atoms with Crippen molar-refractivity contribution in [3.05, 3.63) is 0 Å². The molecule has 0 N–H and O–H groups in total. The zero-order valence-electron chi connectivity index (χ0n) is 13.3. The third-order valence-corrected chi connectivity index (χ3v) is 8.15. The highest BCUT2D eigenvalue weighted by molar-refractivity contribution is 5.83.